The second-order valence-corrected chi connectivity index (χ2v) is 7.50. The van der Waals surface area contributed by atoms with Crippen molar-refractivity contribution >= 4 is 9.84 Å². The zero-order valence-corrected chi connectivity index (χ0v) is 11.7. The Kier molecular flexibility index (Phi) is 3.78. The molecule has 2 unspecified atom stereocenters. The summed E-state index contributed by atoms with van der Waals surface area (Å²) in [7, 11) is -3.16. The van der Waals surface area contributed by atoms with Crippen molar-refractivity contribution in [1.82, 2.24) is 0 Å². The summed E-state index contributed by atoms with van der Waals surface area (Å²) in [5.74, 6) is 0.573. The minimum atomic E-state index is -3.16. The van der Waals surface area contributed by atoms with Crippen molar-refractivity contribution < 1.29 is 13.5 Å². The Balaban J connectivity index is 2.37. The minimum Gasteiger partial charge on any atom is -0.396 e. The molecule has 0 aromatic heterocycles. The smallest absolute Gasteiger partial charge is 0.179 e. The second-order valence-electron chi connectivity index (χ2n) is 5.50. The van der Waals surface area contributed by atoms with Crippen LogP contribution >= 0.6 is 0 Å². The zero-order chi connectivity index (χ0) is 13.3. The summed E-state index contributed by atoms with van der Waals surface area (Å²) in [5, 5.41) is 9.54. The maximum Gasteiger partial charge on any atom is 0.179 e. The molecule has 18 heavy (non-hydrogen) atoms. The van der Waals surface area contributed by atoms with E-state index < -0.39 is 9.84 Å². The van der Waals surface area contributed by atoms with Gasteiger partial charge >= 0.3 is 0 Å². The molecule has 0 amide bonds. The molecule has 0 aliphatic carbocycles. The highest BCUT2D eigenvalue weighted by molar-refractivity contribution is 7.91. The fraction of sp³-hybridized carbons (Fsp3) is 0.571. The topological polar surface area (TPSA) is 54.4 Å². The van der Waals surface area contributed by atoms with E-state index in [0.29, 0.717) is 10.8 Å². The van der Waals surface area contributed by atoms with E-state index in [1.54, 1.807) is 12.1 Å². The summed E-state index contributed by atoms with van der Waals surface area (Å²) >= 11 is 0. The average molecular weight is 268 g/mol. The van der Waals surface area contributed by atoms with Gasteiger partial charge < -0.3 is 5.11 Å². The minimum absolute atomic E-state index is 0.0309. The lowest BCUT2D eigenvalue weighted by atomic mass is 9.83. The van der Waals surface area contributed by atoms with Crippen LogP contribution in [0.25, 0.3) is 0 Å². The van der Waals surface area contributed by atoms with Gasteiger partial charge in [0.1, 0.15) is 0 Å². The molecule has 0 bridgehead atoms. The number of aliphatic hydroxyl groups is 1. The Morgan fingerprint density at radius 2 is 2.00 bits per heavy atom. The van der Waals surface area contributed by atoms with Crippen LogP contribution in [0.15, 0.2) is 29.2 Å². The summed E-state index contributed by atoms with van der Waals surface area (Å²) in [6, 6.07) is 7.19. The van der Waals surface area contributed by atoms with Gasteiger partial charge in [-0.25, -0.2) is 8.42 Å². The van der Waals surface area contributed by atoms with Crippen molar-refractivity contribution in [2.75, 3.05) is 12.4 Å². The molecule has 1 aromatic carbocycles. The van der Waals surface area contributed by atoms with E-state index in [2.05, 4.69) is 13.8 Å². The Morgan fingerprint density at radius 3 is 2.61 bits per heavy atom. The fourth-order valence-electron chi connectivity index (χ4n) is 2.85. The Hall–Kier alpha value is -0.870. The fourth-order valence-corrected chi connectivity index (χ4v) is 4.82. The van der Waals surface area contributed by atoms with Gasteiger partial charge in [0.2, 0.25) is 0 Å². The number of aliphatic hydroxyl groups excluding tert-OH is 1. The molecule has 0 radical (unpaired) electrons. The molecular weight excluding hydrogens is 248 g/mol. The lowest BCUT2D eigenvalue weighted by molar-refractivity contribution is 0.188. The monoisotopic (exact) mass is 268 g/mol. The maximum absolute atomic E-state index is 12.1. The summed E-state index contributed by atoms with van der Waals surface area (Å²) in [6.45, 7) is 4.24. The maximum atomic E-state index is 12.1. The molecular formula is C14H20O3S. The SMILES string of the molecule is CC(C)CC(CO)C1CS(=O)(=O)c2ccccc21. The molecule has 0 saturated heterocycles. The van der Waals surface area contributed by atoms with E-state index in [9.17, 15) is 13.5 Å². The van der Waals surface area contributed by atoms with Crippen molar-refractivity contribution in [1.29, 1.82) is 0 Å². The van der Waals surface area contributed by atoms with Crippen LogP contribution in [0.5, 0.6) is 0 Å². The number of benzene rings is 1. The lowest BCUT2D eigenvalue weighted by Gasteiger charge is -2.23. The van der Waals surface area contributed by atoms with Gasteiger partial charge in [-0.3, -0.25) is 0 Å². The molecule has 1 aromatic rings. The predicted molar refractivity (Wildman–Crippen MR) is 71.3 cm³/mol. The Labute approximate surface area is 109 Å². The van der Waals surface area contributed by atoms with E-state index in [4.69, 9.17) is 0 Å². The van der Waals surface area contributed by atoms with Crippen LogP contribution < -0.4 is 0 Å². The van der Waals surface area contributed by atoms with Crippen molar-refractivity contribution in [2.24, 2.45) is 11.8 Å². The van der Waals surface area contributed by atoms with Crippen LogP contribution in [-0.4, -0.2) is 25.9 Å². The van der Waals surface area contributed by atoms with Gasteiger partial charge in [0.25, 0.3) is 0 Å². The lowest BCUT2D eigenvalue weighted by Crippen LogP contribution is -2.20. The number of sulfone groups is 1. The number of rotatable bonds is 4. The van der Waals surface area contributed by atoms with Gasteiger partial charge in [0.15, 0.2) is 9.84 Å². The van der Waals surface area contributed by atoms with Crippen molar-refractivity contribution in [3.8, 4) is 0 Å². The van der Waals surface area contributed by atoms with E-state index in [1.165, 1.54) is 0 Å². The van der Waals surface area contributed by atoms with E-state index >= 15 is 0 Å². The average Bonchev–Trinajstić information content (AvgIpc) is 2.59. The quantitative estimate of drug-likeness (QED) is 0.911. The van der Waals surface area contributed by atoms with Gasteiger partial charge in [-0.05, 0) is 29.9 Å². The normalized spacial score (nSPS) is 23.0. The van der Waals surface area contributed by atoms with E-state index in [1.807, 2.05) is 12.1 Å². The van der Waals surface area contributed by atoms with Crippen LogP contribution in [-0.2, 0) is 9.84 Å². The number of hydrogen-bond donors (Lipinski definition) is 1. The molecule has 4 heteroatoms. The second kappa shape index (κ2) is 5.02. The molecule has 3 nitrogen and oxygen atoms in total. The van der Waals surface area contributed by atoms with Gasteiger partial charge in [-0.15, -0.1) is 0 Å². The molecule has 1 N–H and O–H groups in total. The molecule has 100 valence electrons. The van der Waals surface area contributed by atoms with Crippen LogP contribution in [0.2, 0.25) is 0 Å². The molecule has 0 fully saturated rings. The molecule has 1 heterocycles. The summed E-state index contributed by atoms with van der Waals surface area (Å²) in [4.78, 5) is 0.456. The van der Waals surface area contributed by atoms with Gasteiger partial charge in [0.05, 0.1) is 10.6 Å². The Bertz CT molecular complexity index is 520. The third kappa shape index (κ3) is 2.45. The zero-order valence-electron chi connectivity index (χ0n) is 10.8. The summed E-state index contributed by atoms with van der Waals surface area (Å²) in [6.07, 6.45) is 0.852. The highest BCUT2D eigenvalue weighted by atomic mass is 32.2. The standard InChI is InChI=1S/C14H20O3S/c1-10(2)7-11(8-15)13-9-18(16,17)14-6-4-3-5-12(13)14/h3-6,10-11,13,15H,7-9H2,1-2H3. The Morgan fingerprint density at radius 1 is 1.33 bits per heavy atom. The molecule has 1 aliphatic rings. The first kappa shape index (κ1) is 13.6. The highest BCUT2D eigenvalue weighted by Crippen LogP contribution is 2.41. The molecule has 1 aliphatic heterocycles. The molecule has 2 atom stereocenters. The van der Waals surface area contributed by atoms with E-state index in [-0.39, 0.29) is 24.2 Å². The predicted octanol–water partition coefficient (Wildman–Crippen LogP) is 2.21. The first-order valence-corrected chi connectivity index (χ1v) is 8.03. The number of fused-ring (bicyclic) bond motifs is 1. The van der Waals surface area contributed by atoms with Crippen LogP contribution in [0.4, 0.5) is 0 Å². The van der Waals surface area contributed by atoms with Crippen molar-refractivity contribution in [3.63, 3.8) is 0 Å². The van der Waals surface area contributed by atoms with Crippen molar-refractivity contribution in [2.45, 2.75) is 31.1 Å². The highest BCUT2D eigenvalue weighted by Gasteiger charge is 2.38. The molecule has 0 saturated carbocycles. The molecule has 0 spiro atoms. The van der Waals surface area contributed by atoms with Crippen LogP contribution in [0, 0.1) is 11.8 Å². The summed E-state index contributed by atoms with van der Waals surface area (Å²) < 4.78 is 24.2. The van der Waals surface area contributed by atoms with Crippen LogP contribution in [0.3, 0.4) is 0 Å². The first-order valence-electron chi connectivity index (χ1n) is 6.38. The largest absolute Gasteiger partial charge is 0.396 e. The van der Waals surface area contributed by atoms with Gasteiger partial charge in [-0.2, -0.15) is 0 Å². The van der Waals surface area contributed by atoms with Gasteiger partial charge in [-0.1, -0.05) is 32.0 Å². The first-order chi connectivity index (χ1) is 8.45. The van der Waals surface area contributed by atoms with E-state index in [0.717, 1.165) is 12.0 Å². The van der Waals surface area contributed by atoms with Gasteiger partial charge in [0, 0.05) is 12.5 Å². The number of hydrogen-bond acceptors (Lipinski definition) is 3. The van der Waals surface area contributed by atoms with Crippen LogP contribution in [0.1, 0.15) is 31.7 Å². The third-order valence-electron chi connectivity index (χ3n) is 3.63. The third-order valence-corrected chi connectivity index (χ3v) is 5.47. The van der Waals surface area contributed by atoms with Crippen molar-refractivity contribution in [3.05, 3.63) is 29.8 Å². The molecule has 2 rings (SSSR count). The summed E-state index contributed by atoms with van der Waals surface area (Å²) in [5.41, 5.74) is 0.886.